The molecule has 0 spiro atoms. The van der Waals surface area contributed by atoms with E-state index in [-0.39, 0.29) is 5.82 Å². The fourth-order valence-corrected chi connectivity index (χ4v) is 6.12. The molecular formula is C33H39F. The van der Waals surface area contributed by atoms with Gasteiger partial charge in [0.1, 0.15) is 5.82 Å². The normalized spacial score (nSPS) is 24.3. The van der Waals surface area contributed by atoms with E-state index in [0.717, 1.165) is 47.3 Å². The van der Waals surface area contributed by atoms with Crippen LogP contribution in [0.4, 0.5) is 4.39 Å². The Bertz CT molecular complexity index is 1030. The lowest BCUT2D eigenvalue weighted by Crippen LogP contribution is -2.30. The van der Waals surface area contributed by atoms with Crippen molar-refractivity contribution in [2.75, 3.05) is 0 Å². The first-order chi connectivity index (χ1) is 16.7. The molecule has 4 atom stereocenters. The van der Waals surface area contributed by atoms with Crippen molar-refractivity contribution in [2.45, 2.75) is 77.0 Å². The first-order valence-corrected chi connectivity index (χ1v) is 13.3. The van der Waals surface area contributed by atoms with Gasteiger partial charge in [-0.1, -0.05) is 54.7 Å². The van der Waals surface area contributed by atoms with E-state index in [4.69, 9.17) is 0 Å². The average Bonchev–Trinajstić information content (AvgIpc) is 2.87. The number of rotatable bonds is 7. The number of aryl methyl sites for hydroxylation is 1. The predicted molar refractivity (Wildman–Crippen MR) is 142 cm³/mol. The Hall–Kier alpha value is -2.59. The summed E-state index contributed by atoms with van der Waals surface area (Å²) in [5.74, 6) is 9.68. The minimum atomic E-state index is -0.156. The van der Waals surface area contributed by atoms with Crippen LogP contribution in [0, 0.1) is 35.4 Å². The van der Waals surface area contributed by atoms with Crippen molar-refractivity contribution in [1.29, 1.82) is 0 Å². The fraction of sp³-hybridized carbons (Fsp3) is 0.455. The molecule has 2 aliphatic carbocycles. The van der Waals surface area contributed by atoms with Crippen LogP contribution in [0.25, 0.3) is 0 Å². The van der Waals surface area contributed by atoms with Crippen molar-refractivity contribution in [3.05, 3.63) is 95.3 Å². The molecule has 1 heteroatoms. The van der Waals surface area contributed by atoms with Crippen LogP contribution in [0.2, 0.25) is 0 Å². The molecule has 4 unspecified atom stereocenters. The van der Waals surface area contributed by atoms with Crippen LogP contribution in [-0.2, 0) is 6.42 Å². The summed E-state index contributed by atoms with van der Waals surface area (Å²) in [6.45, 7) is 5.89. The van der Waals surface area contributed by atoms with Gasteiger partial charge >= 0.3 is 0 Å². The molecule has 0 bridgehead atoms. The van der Waals surface area contributed by atoms with Crippen LogP contribution in [0.15, 0.2) is 67.3 Å². The summed E-state index contributed by atoms with van der Waals surface area (Å²) in [6, 6.07) is 14.2. The first kappa shape index (κ1) is 24.5. The molecular weight excluding hydrogens is 415 g/mol. The number of hydrogen-bond acceptors (Lipinski definition) is 0. The predicted octanol–water partition coefficient (Wildman–Crippen LogP) is 9.00. The Balaban J connectivity index is 1.33. The summed E-state index contributed by atoms with van der Waals surface area (Å²) < 4.78 is 14.4. The third-order valence-electron chi connectivity index (χ3n) is 8.10. The number of halogens is 1. The van der Waals surface area contributed by atoms with Gasteiger partial charge in [0.05, 0.1) is 0 Å². The van der Waals surface area contributed by atoms with Crippen LogP contribution in [0.5, 0.6) is 0 Å². The highest BCUT2D eigenvalue weighted by atomic mass is 19.1. The fourth-order valence-electron chi connectivity index (χ4n) is 6.12. The standard InChI is InChI=1S/C33H39F/c1-3-5-7-9-29-18-14-27(23-33(29)34)11-10-25-12-16-28(17-13-25)31-21-20-30-22-26(8-6-4-2)15-19-32(30)24-31/h3-5,12-14,16-18,23,26,30-32H,2,6-9,15,19-22,24H2,1H3/b5-3+. The molecule has 0 heterocycles. The van der Waals surface area contributed by atoms with Crippen LogP contribution < -0.4 is 0 Å². The number of fused-ring (bicyclic) bond motifs is 1. The minimum absolute atomic E-state index is 0.156. The molecule has 178 valence electrons. The smallest absolute Gasteiger partial charge is 0.127 e. The topological polar surface area (TPSA) is 0 Å². The Morgan fingerprint density at radius 2 is 1.65 bits per heavy atom. The summed E-state index contributed by atoms with van der Waals surface area (Å²) in [5, 5.41) is 0. The molecule has 0 radical (unpaired) electrons. The van der Waals surface area contributed by atoms with Crippen molar-refractivity contribution in [3.8, 4) is 11.8 Å². The van der Waals surface area contributed by atoms with Crippen molar-refractivity contribution in [2.24, 2.45) is 17.8 Å². The zero-order valence-corrected chi connectivity index (χ0v) is 20.7. The summed E-state index contributed by atoms with van der Waals surface area (Å²) in [4.78, 5) is 0. The van der Waals surface area contributed by atoms with E-state index in [1.165, 1.54) is 56.9 Å². The summed E-state index contributed by atoms with van der Waals surface area (Å²) >= 11 is 0. The van der Waals surface area contributed by atoms with Crippen molar-refractivity contribution >= 4 is 0 Å². The van der Waals surface area contributed by atoms with Gasteiger partial charge in [-0.25, -0.2) is 4.39 Å². The Morgan fingerprint density at radius 1 is 0.912 bits per heavy atom. The SMILES string of the molecule is C=CCCC1CCC2CC(c3ccc(C#Cc4ccc(CC/C=C/C)c(F)c4)cc3)CCC2C1. The van der Waals surface area contributed by atoms with Crippen molar-refractivity contribution in [3.63, 3.8) is 0 Å². The van der Waals surface area contributed by atoms with Gasteiger partial charge in [-0.2, -0.15) is 0 Å². The maximum Gasteiger partial charge on any atom is 0.127 e. The van der Waals surface area contributed by atoms with Gasteiger partial charge in [0.2, 0.25) is 0 Å². The van der Waals surface area contributed by atoms with E-state index in [9.17, 15) is 4.39 Å². The van der Waals surface area contributed by atoms with Crippen LogP contribution >= 0.6 is 0 Å². The minimum Gasteiger partial charge on any atom is -0.207 e. The zero-order valence-electron chi connectivity index (χ0n) is 20.7. The van der Waals surface area contributed by atoms with Crippen LogP contribution in [-0.4, -0.2) is 0 Å². The quantitative estimate of drug-likeness (QED) is 0.289. The molecule has 2 aromatic carbocycles. The van der Waals surface area contributed by atoms with Crippen molar-refractivity contribution in [1.82, 2.24) is 0 Å². The molecule has 2 aliphatic rings. The highest BCUT2D eigenvalue weighted by molar-refractivity contribution is 5.44. The molecule has 0 aliphatic heterocycles. The second kappa shape index (κ2) is 12.2. The highest BCUT2D eigenvalue weighted by Crippen LogP contribution is 2.48. The Labute approximate surface area is 206 Å². The van der Waals surface area contributed by atoms with E-state index in [0.29, 0.717) is 5.92 Å². The second-order valence-electron chi connectivity index (χ2n) is 10.4. The maximum absolute atomic E-state index is 14.4. The van der Waals surface area contributed by atoms with Crippen LogP contribution in [0.1, 0.15) is 92.9 Å². The molecule has 2 saturated carbocycles. The van der Waals surface area contributed by atoms with E-state index < -0.39 is 0 Å². The van der Waals surface area contributed by atoms with Crippen LogP contribution in [0.3, 0.4) is 0 Å². The average molecular weight is 455 g/mol. The summed E-state index contributed by atoms with van der Waals surface area (Å²) in [5.41, 5.74) is 3.96. The zero-order chi connectivity index (χ0) is 23.8. The number of allylic oxidation sites excluding steroid dienone is 3. The lowest BCUT2D eigenvalue weighted by molar-refractivity contribution is 0.115. The van der Waals surface area contributed by atoms with E-state index in [1.54, 1.807) is 6.07 Å². The third kappa shape index (κ3) is 6.50. The molecule has 2 fully saturated rings. The maximum atomic E-state index is 14.4. The molecule has 34 heavy (non-hydrogen) atoms. The Kier molecular flexibility index (Phi) is 8.81. The lowest BCUT2D eigenvalue weighted by atomic mass is 9.63. The second-order valence-corrected chi connectivity index (χ2v) is 10.4. The van der Waals surface area contributed by atoms with Gasteiger partial charge in [0, 0.05) is 11.1 Å². The monoisotopic (exact) mass is 454 g/mol. The number of benzene rings is 2. The van der Waals surface area contributed by atoms with Gasteiger partial charge in [-0.05, 0) is 124 Å². The van der Waals surface area contributed by atoms with E-state index in [1.807, 2.05) is 25.1 Å². The summed E-state index contributed by atoms with van der Waals surface area (Å²) in [6.07, 6.45) is 18.6. The van der Waals surface area contributed by atoms with E-state index in [2.05, 4.69) is 54.8 Å². The first-order valence-electron chi connectivity index (χ1n) is 13.3. The van der Waals surface area contributed by atoms with Gasteiger partial charge in [-0.15, -0.1) is 6.58 Å². The molecule has 0 aromatic heterocycles. The van der Waals surface area contributed by atoms with Gasteiger partial charge in [-0.3, -0.25) is 0 Å². The molecule has 4 rings (SSSR count). The molecule has 0 saturated heterocycles. The molecule has 0 amide bonds. The summed E-state index contributed by atoms with van der Waals surface area (Å²) in [7, 11) is 0. The lowest BCUT2D eigenvalue weighted by Gasteiger charge is -2.42. The third-order valence-corrected chi connectivity index (χ3v) is 8.10. The largest absolute Gasteiger partial charge is 0.207 e. The van der Waals surface area contributed by atoms with Gasteiger partial charge < -0.3 is 0 Å². The van der Waals surface area contributed by atoms with Gasteiger partial charge in [0.15, 0.2) is 0 Å². The van der Waals surface area contributed by atoms with E-state index >= 15 is 0 Å². The Morgan fingerprint density at radius 3 is 2.41 bits per heavy atom. The molecule has 2 aromatic rings. The number of hydrogen-bond donors (Lipinski definition) is 0. The molecule has 0 nitrogen and oxygen atoms in total. The van der Waals surface area contributed by atoms with Gasteiger partial charge in [0.25, 0.3) is 0 Å². The van der Waals surface area contributed by atoms with Crippen molar-refractivity contribution < 1.29 is 4.39 Å². The highest BCUT2D eigenvalue weighted by Gasteiger charge is 2.35. The molecule has 0 N–H and O–H groups in total.